The van der Waals surface area contributed by atoms with Crippen LogP contribution in [0.5, 0.6) is 11.5 Å². The van der Waals surface area contributed by atoms with Gasteiger partial charge in [0.2, 0.25) is 5.95 Å². The molecule has 0 saturated carbocycles. The number of nitrogens with one attached hydrogen (secondary N) is 2. The summed E-state index contributed by atoms with van der Waals surface area (Å²) >= 11 is 0. The van der Waals surface area contributed by atoms with Gasteiger partial charge in [-0.05, 0) is 45.0 Å². The third-order valence-corrected chi connectivity index (χ3v) is 4.01. The van der Waals surface area contributed by atoms with Gasteiger partial charge in [0.15, 0.2) is 0 Å². The van der Waals surface area contributed by atoms with E-state index in [9.17, 15) is 0 Å². The van der Waals surface area contributed by atoms with Gasteiger partial charge in [0.05, 0.1) is 19.3 Å². The SMILES string of the molecule is COc1ccc(OCCNc2nc(NC(C)(C)C)cc(-c3ccccc3)n2)cc1. The number of ether oxygens (including phenoxy) is 2. The van der Waals surface area contributed by atoms with Gasteiger partial charge in [-0.25, -0.2) is 4.98 Å². The van der Waals surface area contributed by atoms with Crippen molar-refractivity contribution in [3.8, 4) is 22.8 Å². The van der Waals surface area contributed by atoms with Crippen LogP contribution in [-0.4, -0.2) is 35.8 Å². The van der Waals surface area contributed by atoms with Crippen LogP contribution in [0, 0.1) is 0 Å². The maximum Gasteiger partial charge on any atom is 0.225 e. The van der Waals surface area contributed by atoms with Gasteiger partial charge in [0, 0.05) is 17.2 Å². The zero-order chi connectivity index (χ0) is 20.7. The Hall–Kier alpha value is -3.28. The molecule has 29 heavy (non-hydrogen) atoms. The van der Waals surface area contributed by atoms with Crippen LogP contribution >= 0.6 is 0 Å². The summed E-state index contributed by atoms with van der Waals surface area (Å²) in [4.78, 5) is 9.27. The minimum atomic E-state index is -0.100. The van der Waals surface area contributed by atoms with Crippen molar-refractivity contribution in [3.63, 3.8) is 0 Å². The Morgan fingerprint density at radius 1 is 0.897 bits per heavy atom. The largest absolute Gasteiger partial charge is 0.497 e. The zero-order valence-electron chi connectivity index (χ0n) is 17.4. The molecule has 0 spiro atoms. The maximum atomic E-state index is 5.76. The summed E-state index contributed by atoms with van der Waals surface area (Å²) in [6.07, 6.45) is 0. The van der Waals surface area contributed by atoms with E-state index in [0.717, 1.165) is 28.6 Å². The molecule has 0 aliphatic rings. The molecule has 0 aliphatic heterocycles. The van der Waals surface area contributed by atoms with E-state index in [-0.39, 0.29) is 5.54 Å². The van der Waals surface area contributed by atoms with E-state index in [1.165, 1.54) is 0 Å². The van der Waals surface area contributed by atoms with E-state index in [0.29, 0.717) is 19.1 Å². The molecule has 0 unspecified atom stereocenters. The average molecular weight is 393 g/mol. The van der Waals surface area contributed by atoms with Gasteiger partial charge in [0.1, 0.15) is 23.9 Å². The molecule has 0 atom stereocenters. The van der Waals surface area contributed by atoms with Crippen LogP contribution in [0.25, 0.3) is 11.3 Å². The summed E-state index contributed by atoms with van der Waals surface area (Å²) in [6, 6.07) is 19.6. The van der Waals surface area contributed by atoms with Crippen LogP contribution < -0.4 is 20.1 Å². The standard InChI is InChI=1S/C23H28N4O2/c1-23(2,3)27-21-16-20(17-8-6-5-7-9-17)25-22(26-21)24-14-15-29-19-12-10-18(28-4)11-13-19/h5-13,16H,14-15H2,1-4H3,(H2,24,25,26,27). The van der Waals surface area contributed by atoms with Crippen LogP contribution in [0.4, 0.5) is 11.8 Å². The van der Waals surface area contributed by atoms with Crippen LogP contribution in [0.2, 0.25) is 0 Å². The van der Waals surface area contributed by atoms with E-state index in [1.807, 2.05) is 60.7 Å². The number of benzene rings is 2. The van der Waals surface area contributed by atoms with Crippen molar-refractivity contribution in [2.75, 3.05) is 30.9 Å². The maximum absolute atomic E-state index is 5.76. The van der Waals surface area contributed by atoms with Gasteiger partial charge in [0.25, 0.3) is 0 Å². The van der Waals surface area contributed by atoms with Crippen LogP contribution in [0.15, 0.2) is 60.7 Å². The summed E-state index contributed by atoms with van der Waals surface area (Å²) in [5, 5.41) is 6.69. The van der Waals surface area contributed by atoms with Gasteiger partial charge in [-0.15, -0.1) is 0 Å². The fourth-order valence-electron chi connectivity index (χ4n) is 2.74. The highest BCUT2D eigenvalue weighted by molar-refractivity contribution is 5.64. The molecular formula is C23H28N4O2. The Balaban J connectivity index is 1.67. The van der Waals surface area contributed by atoms with E-state index < -0.39 is 0 Å². The first kappa shape index (κ1) is 20.5. The lowest BCUT2D eigenvalue weighted by atomic mass is 10.1. The van der Waals surface area contributed by atoms with E-state index in [4.69, 9.17) is 9.47 Å². The lowest BCUT2D eigenvalue weighted by Crippen LogP contribution is -2.27. The highest BCUT2D eigenvalue weighted by atomic mass is 16.5. The molecule has 1 aromatic heterocycles. The van der Waals surface area contributed by atoms with Gasteiger partial charge in [-0.1, -0.05) is 30.3 Å². The van der Waals surface area contributed by atoms with Crippen molar-refractivity contribution in [2.45, 2.75) is 26.3 Å². The third kappa shape index (κ3) is 6.38. The second kappa shape index (κ2) is 9.28. The normalized spacial score (nSPS) is 11.0. The van der Waals surface area contributed by atoms with Crippen molar-refractivity contribution < 1.29 is 9.47 Å². The highest BCUT2D eigenvalue weighted by Gasteiger charge is 2.13. The van der Waals surface area contributed by atoms with Crippen molar-refractivity contribution in [2.24, 2.45) is 0 Å². The Bertz CT molecular complexity index is 906. The molecule has 0 aliphatic carbocycles. The van der Waals surface area contributed by atoms with Crippen molar-refractivity contribution >= 4 is 11.8 Å². The fraction of sp³-hybridized carbons (Fsp3) is 0.304. The molecule has 0 bridgehead atoms. The molecule has 2 aromatic carbocycles. The predicted molar refractivity (Wildman–Crippen MR) is 118 cm³/mol. The van der Waals surface area contributed by atoms with Crippen LogP contribution in [0.3, 0.4) is 0 Å². The van der Waals surface area contributed by atoms with Gasteiger partial charge in [-0.3, -0.25) is 0 Å². The minimum absolute atomic E-state index is 0.100. The topological polar surface area (TPSA) is 68.3 Å². The Morgan fingerprint density at radius 2 is 1.59 bits per heavy atom. The Morgan fingerprint density at radius 3 is 2.24 bits per heavy atom. The first-order valence-corrected chi connectivity index (χ1v) is 9.66. The lowest BCUT2D eigenvalue weighted by Gasteiger charge is -2.22. The number of methoxy groups -OCH3 is 1. The molecular weight excluding hydrogens is 364 g/mol. The monoisotopic (exact) mass is 392 g/mol. The molecule has 3 rings (SSSR count). The summed E-state index contributed by atoms with van der Waals surface area (Å²) < 4.78 is 10.9. The summed E-state index contributed by atoms with van der Waals surface area (Å²) in [6.45, 7) is 7.39. The van der Waals surface area contributed by atoms with Gasteiger partial charge >= 0.3 is 0 Å². The number of nitrogens with zero attached hydrogens (tertiary/aromatic N) is 2. The molecule has 0 radical (unpaired) electrons. The molecule has 6 nitrogen and oxygen atoms in total. The third-order valence-electron chi connectivity index (χ3n) is 4.01. The molecule has 3 aromatic rings. The highest BCUT2D eigenvalue weighted by Crippen LogP contribution is 2.23. The molecule has 1 heterocycles. The summed E-state index contributed by atoms with van der Waals surface area (Å²) in [7, 11) is 1.64. The van der Waals surface area contributed by atoms with E-state index in [2.05, 4.69) is 41.4 Å². The minimum Gasteiger partial charge on any atom is -0.497 e. The molecule has 0 fully saturated rings. The molecule has 0 amide bonds. The quantitative estimate of drug-likeness (QED) is 0.534. The number of hydrogen-bond donors (Lipinski definition) is 2. The van der Waals surface area contributed by atoms with Crippen molar-refractivity contribution in [1.82, 2.24) is 9.97 Å². The number of anilines is 2. The second-order valence-electron chi connectivity index (χ2n) is 7.65. The Labute approximate surface area is 172 Å². The van der Waals surface area contributed by atoms with Crippen molar-refractivity contribution in [1.29, 1.82) is 0 Å². The first-order valence-electron chi connectivity index (χ1n) is 9.66. The predicted octanol–water partition coefficient (Wildman–Crippen LogP) is 4.85. The smallest absolute Gasteiger partial charge is 0.225 e. The van der Waals surface area contributed by atoms with Crippen LogP contribution in [0.1, 0.15) is 20.8 Å². The van der Waals surface area contributed by atoms with Gasteiger partial charge < -0.3 is 20.1 Å². The number of aromatic nitrogens is 2. The Kier molecular flexibility index (Phi) is 6.54. The lowest BCUT2D eigenvalue weighted by molar-refractivity contribution is 0.331. The number of rotatable bonds is 8. The van der Waals surface area contributed by atoms with Gasteiger partial charge in [-0.2, -0.15) is 4.98 Å². The first-order chi connectivity index (χ1) is 13.9. The molecule has 2 N–H and O–H groups in total. The molecule has 152 valence electrons. The summed E-state index contributed by atoms with van der Waals surface area (Å²) in [5.74, 6) is 2.95. The van der Waals surface area contributed by atoms with E-state index >= 15 is 0 Å². The van der Waals surface area contributed by atoms with E-state index in [1.54, 1.807) is 7.11 Å². The van der Waals surface area contributed by atoms with Crippen LogP contribution in [-0.2, 0) is 0 Å². The average Bonchev–Trinajstić information content (AvgIpc) is 2.71. The number of hydrogen-bond acceptors (Lipinski definition) is 6. The zero-order valence-corrected chi connectivity index (χ0v) is 17.4. The fourth-order valence-corrected chi connectivity index (χ4v) is 2.74. The second-order valence-corrected chi connectivity index (χ2v) is 7.65. The molecule has 6 heteroatoms. The molecule has 0 saturated heterocycles. The van der Waals surface area contributed by atoms with Crippen molar-refractivity contribution in [3.05, 3.63) is 60.7 Å². The summed E-state index contributed by atoms with van der Waals surface area (Å²) in [5.41, 5.74) is 1.81.